The first-order chi connectivity index (χ1) is 19.5. The van der Waals surface area contributed by atoms with Gasteiger partial charge in [0.2, 0.25) is 5.91 Å². The van der Waals surface area contributed by atoms with E-state index in [2.05, 4.69) is 51.6 Å². The molecule has 0 bridgehead atoms. The summed E-state index contributed by atoms with van der Waals surface area (Å²) in [6.07, 6.45) is 3.69. The molecule has 2 saturated heterocycles. The van der Waals surface area contributed by atoms with Gasteiger partial charge in [0.25, 0.3) is 11.8 Å². The Morgan fingerprint density at radius 1 is 0.950 bits per heavy atom. The van der Waals surface area contributed by atoms with Gasteiger partial charge < -0.3 is 24.9 Å². The highest BCUT2D eigenvalue weighted by atomic mass is 16.3. The lowest BCUT2D eigenvalue weighted by Gasteiger charge is -2.37. The van der Waals surface area contributed by atoms with E-state index in [-0.39, 0.29) is 23.5 Å². The molecule has 2 N–H and O–H groups in total. The van der Waals surface area contributed by atoms with Crippen molar-refractivity contribution in [2.75, 3.05) is 56.0 Å². The molecule has 5 rings (SSSR count). The van der Waals surface area contributed by atoms with Gasteiger partial charge in [-0.05, 0) is 61.2 Å². The van der Waals surface area contributed by atoms with Gasteiger partial charge in [0.1, 0.15) is 0 Å². The minimum absolute atomic E-state index is 0.190. The third-order valence-corrected chi connectivity index (χ3v) is 7.68. The van der Waals surface area contributed by atoms with Crippen LogP contribution in [0.1, 0.15) is 51.3 Å². The van der Waals surface area contributed by atoms with Crippen LogP contribution in [0.25, 0.3) is 0 Å². The number of benzene rings is 2. The van der Waals surface area contributed by atoms with Crippen LogP contribution in [-0.4, -0.2) is 73.3 Å². The van der Waals surface area contributed by atoms with Crippen LogP contribution >= 0.6 is 0 Å². The van der Waals surface area contributed by atoms with E-state index in [4.69, 9.17) is 4.42 Å². The predicted molar refractivity (Wildman–Crippen MR) is 155 cm³/mol. The third kappa shape index (κ3) is 6.71. The van der Waals surface area contributed by atoms with Crippen molar-refractivity contribution in [3.8, 4) is 0 Å². The molecule has 3 aromatic rings. The molecule has 0 atom stereocenters. The number of rotatable bonds is 10. The van der Waals surface area contributed by atoms with Gasteiger partial charge in [-0.1, -0.05) is 24.3 Å². The van der Waals surface area contributed by atoms with Gasteiger partial charge in [0.05, 0.1) is 17.6 Å². The maximum absolute atomic E-state index is 13.0. The number of likely N-dealkylation sites (tertiary alicyclic amines) is 1. The van der Waals surface area contributed by atoms with Crippen molar-refractivity contribution in [2.24, 2.45) is 0 Å². The van der Waals surface area contributed by atoms with Crippen LogP contribution in [0.5, 0.6) is 0 Å². The fourth-order valence-corrected chi connectivity index (χ4v) is 5.33. The van der Waals surface area contributed by atoms with Gasteiger partial charge in [0.15, 0.2) is 5.76 Å². The van der Waals surface area contributed by atoms with E-state index in [1.807, 2.05) is 11.0 Å². The highest BCUT2D eigenvalue weighted by Gasteiger charge is 2.23. The lowest BCUT2D eigenvalue weighted by Crippen LogP contribution is -2.46. The maximum atomic E-state index is 13.0. The van der Waals surface area contributed by atoms with Gasteiger partial charge in [-0.3, -0.25) is 19.3 Å². The van der Waals surface area contributed by atoms with Crippen molar-refractivity contribution in [1.29, 1.82) is 0 Å². The summed E-state index contributed by atoms with van der Waals surface area (Å²) in [4.78, 5) is 44.2. The average Bonchev–Trinajstić information content (AvgIpc) is 3.65. The van der Waals surface area contributed by atoms with Gasteiger partial charge in [-0.25, -0.2) is 0 Å². The SMILES string of the molecule is Cc1ccccc1CN1CCN(c2ccc(C(=O)NCCCN3CCCC3=O)cc2NC(=O)c2ccco2)CC1. The van der Waals surface area contributed by atoms with Crippen LogP contribution in [0.3, 0.4) is 0 Å². The molecule has 1 aromatic heterocycles. The molecule has 2 aliphatic rings. The van der Waals surface area contributed by atoms with E-state index >= 15 is 0 Å². The van der Waals surface area contributed by atoms with Gasteiger partial charge in [0, 0.05) is 64.3 Å². The predicted octanol–water partition coefficient (Wildman–Crippen LogP) is 3.90. The van der Waals surface area contributed by atoms with E-state index in [9.17, 15) is 14.4 Å². The second-order valence-electron chi connectivity index (χ2n) is 10.4. The number of anilines is 2. The Kier molecular flexibility index (Phi) is 8.81. The van der Waals surface area contributed by atoms with E-state index in [0.29, 0.717) is 37.2 Å². The van der Waals surface area contributed by atoms with E-state index in [1.54, 1.807) is 24.3 Å². The second-order valence-corrected chi connectivity index (χ2v) is 10.4. The summed E-state index contributed by atoms with van der Waals surface area (Å²) in [6, 6.07) is 17.2. The van der Waals surface area contributed by atoms with Crippen LogP contribution in [0.2, 0.25) is 0 Å². The number of hydrogen-bond acceptors (Lipinski definition) is 6. The molecule has 9 nitrogen and oxygen atoms in total. The van der Waals surface area contributed by atoms with Gasteiger partial charge in [-0.15, -0.1) is 0 Å². The van der Waals surface area contributed by atoms with Crippen LogP contribution in [0.4, 0.5) is 11.4 Å². The van der Waals surface area contributed by atoms with Crippen molar-refractivity contribution in [3.05, 3.63) is 83.3 Å². The highest BCUT2D eigenvalue weighted by molar-refractivity contribution is 6.05. The Morgan fingerprint density at radius 2 is 1.77 bits per heavy atom. The van der Waals surface area contributed by atoms with Crippen molar-refractivity contribution >= 4 is 29.1 Å². The number of aryl methyl sites for hydroxylation is 1. The van der Waals surface area contributed by atoms with E-state index < -0.39 is 0 Å². The summed E-state index contributed by atoms with van der Waals surface area (Å²) in [6.45, 7) is 8.36. The molecule has 0 spiro atoms. The Bertz CT molecular complexity index is 1330. The summed E-state index contributed by atoms with van der Waals surface area (Å²) in [5.41, 5.74) is 4.55. The molecular weight excluding hydrogens is 506 g/mol. The average molecular weight is 544 g/mol. The van der Waals surface area contributed by atoms with Crippen molar-refractivity contribution in [2.45, 2.75) is 32.7 Å². The molecule has 3 heterocycles. The number of piperazine rings is 1. The molecule has 2 fully saturated rings. The molecule has 3 amide bonds. The van der Waals surface area contributed by atoms with Gasteiger partial charge >= 0.3 is 0 Å². The standard InChI is InChI=1S/C31H37N5O4/c1-23-7-2-3-8-25(23)22-34-16-18-35(19-17-34)27-12-11-24(21-26(27)33-31(39)28-9-5-20-40-28)30(38)32-13-6-15-36-14-4-10-29(36)37/h2-3,5,7-9,11-12,20-21H,4,6,10,13-19,22H2,1H3,(H,32,38)(H,33,39). The molecule has 210 valence electrons. The number of nitrogens with zero attached hydrogens (tertiary/aromatic N) is 3. The first-order valence-corrected chi connectivity index (χ1v) is 14.0. The number of amides is 3. The number of hydrogen-bond donors (Lipinski definition) is 2. The first-order valence-electron chi connectivity index (χ1n) is 14.0. The van der Waals surface area contributed by atoms with Crippen LogP contribution in [0.15, 0.2) is 65.3 Å². The molecule has 0 radical (unpaired) electrons. The molecule has 9 heteroatoms. The highest BCUT2D eigenvalue weighted by Crippen LogP contribution is 2.29. The smallest absolute Gasteiger partial charge is 0.291 e. The third-order valence-electron chi connectivity index (χ3n) is 7.68. The quantitative estimate of drug-likeness (QED) is 0.377. The zero-order valence-electron chi connectivity index (χ0n) is 23.0. The zero-order valence-corrected chi connectivity index (χ0v) is 23.0. The number of furan rings is 1. The molecule has 2 aliphatic heterocycles. The largest absolute Gasteiger partial charge is 0.459 e. The fourth-order valence-electron chi connectivity index (χ4n) is 5.33. The Balaban J connectivity index is 1.24. The van der Waals surface area contributed by atoms with E-state index in [0.717, 1.165) is 51.4 Å². The molecular formula is C31H37N5O4. The summed E-state index contributed by atoms with van der Waals surface area (Å²) in [7, 11) is 0. The molecule has 40 heavy (non-hydrogen) atoms. The molecule has 0 aliphatic carbocycles. The van der Waals surface area contributed by atoms with E-state index in [1.165, 1.54) is 17.4 Å². The van der Waals surface area contributed by atoms with Crippen molar-refractivity contribution in [3.63, 3.8) is 0 Å². The lowest BCUT2D eigenvalue weighted by molar-refractivity contribution is -0.127. The van der Waals surface area contributed by atoms with Crippen LogP contribution < -0.4 is 15.5 Å². The molecule has 0 saturated carbocycles. The zero-order chi connectivity index (χ0) is 27.9. The first kappa shape index (κ1) is 27.5. The number of carbonyl (C=O) groups excluding carboxylic acids is 3. The van der Waals surface area contributed by atoms with Crippen LogP contribution in [-0.2, 0) is 11.3 Å². The van der Waals surface area contributed by atoms with Crippen molar-refractivity contribution < 1.29 is 18.8 Å². The normalized spacial score (nSPS) is 15.9. The minimum Gasteiger partial charge on any atom is -0.459 e. The Morgan fingerprint density at radius 3 is 2.50 bits per heavy atom. The lowest BCUT2D eigenvalue weighted by atomic mass is 10.1. The number of nitrogens with one attached hydrogen (secondary N) is 2. The monoisotopic (exact) mass is 543 g/mol. The summed E-state index contributed by atoms with van der Waals surface area (Å²) >= 11 is 0. The summed E-state index contributed by atoms with van der Waals surface area (Å²) in [5, 5.41) is 5.91. The topological polar surface area (TPSA) is 98.1 Å². The maximum Gasteiger partial charge on any atom is 0.291 e. The Hall–Kier alpha value is -4.11. The summed E-state index contributed by atoms with van der Waals surface area (Å²) in [5.74, 6) is -0.177. The van der Waals surface area contributed by atoms with Crippen molar-refractivity contribution in [1.82, 2.24) is 15.1 Å². The minimum atomic E-state index is -0.364. The fraction of sp³-hybridized carbons (Fsp3) is 0.387. The molecule has 2 aromatic carbocycles. The van der Waals surface area contributed by atoms with Gasteiger partial charge in [-0.2, -0.15) is 0 Å². The van der Waals surface area contributed by atoms with Crippen LogP contribution in [0, 0.1) is 6.92 Å². The summed E-state index contributed by atoms with van der Waals surface area (Å²) < 4.78 is 5.29. The second kappa shape index (κ2) is 12.8. The molecule has 0 unspecified atom stereocenters. The number of carbonyl (C=O) groups is 3. The Labute approximate surface area is 235 Å².